The van der Waals surface area contributed by atoms with Crippen LogP contribution in [0.4, 0.5) is 19.0 Å². The predicted octanol–water partition coefficient (Wildman–Crippen LogP) is 5.48. The lowest BCUT2D eigenvalue weighted by Gasteiger charge is -2.32. The number of alkyl halides is 3. The van der Waals surface area contributed by atoms with Gasteiger partial charge in [-0.15, -0.1) is 11.3 Å². The normalized spacial score (nSPS) is 15.2. The highest BCUT2D eigenvalue weighted by Crippen LogP contribution is 2.33. The summed E-state index contributed by atoms with van der Waals surface area (Å²) >= 11 is 1.06. The first-order valence-corrected chi connectivity index (χ1v) is 13.8. The van der Waals surface area contributed by atoms with Crippen molar-refractivity contribution in [1.82, 2.24) is 29.0 Å². The Bertz CT molecular complexity index is 1700. The fourth-order valence-electron chi connectivity index (χ4n) is 5.36. The van der Waals surface area contributed by atoms with Crippen molar-refractivity contribution in [2.45, 2.75) is 44.6 Å². The molecule has 0 saturated carbocycles. The number of benzene rings is 1. The lowest BCUT2D eigenvalue weighted by Crippen LogP contribution is -2.38. The minimum atomic E-state index is -4.25. The van der Waals surface area contributed by atoms with Gasteiger partial charge in [-0.2, -0.15) is 18.4 Å². The SMILES string of the molecule is Cn1ccnc1Cn1c(C#N)cc2cc(CN3CCC(Nc4ncnc5sc(CC(F)(F)F)cc45)CC3)ccc21. The molecule has 6 rings (SSSR count). The average molecular weight is 565 g/mol. The quantitative estimate of drug-likeness (QED) is 0.282. The zero-order chi connectivity index (χ0) is 27.9. The Hall–Kier alpha value is -3.95. The van der Waals surface area contributed by atoms with E-state index in [0.717, 1.165) is 60.5 Å². The monoisotopic (exact) mass is 564 g/mol. The molecule has 1 saturated heterocycles. The molecule has 0 amide bonds. The molecule has 206 valence electrons. The van der Waals surface area contributed by atoms with Crippen LogP contribution in [0.3, 0.4) is 0 Å². The molecule has 0 unspecified atom stereocenters. The third kappa shape index (κ3) is 5.52. The molecule has 8 nitrogen and oxygen atoms in total. The first-order valence-electron chi connectivity index (χ1n) is 13.0. The van der Waals surface area contributed by atoms with Crippen molar-refractivity contribution in [2.24, 2.45) is 7.05 Å². The number of aromatic nitrogens is 5. The molecule has 0 radical (unpaired) electrons. The zero-order valence-corrected chi connectivity index (χ0v) is 22.6. The number of hydrogen-bond donors (Lipinski definition) is 1. The Morgan fingerprint density at radius 2 is 1.93 bits per heavy atom. The van der Waals surface area contributed by atoms with E-state index in [1.165, 1.54) is 11.9 Å². The molecule has 0 aliphatic carbocycles. The summed E-state index contributed by atoms with van der Waals surface area (Å²) in [4.78, 5) is 16.1. The number of imidazole rings is 1. The molecular weight excluding hydrogens is 537 g/mol. The molecule has 1 fully saturated rings. The molecule has 0 spiro atoms. The number of likely N-dealkylation sites (tertiary alicyclic amines) is 1. The summed E-state index contributed by atoms with van der Waals surface area (Å²) in [7, 11) is 1.95. The second-order valence-corrected chi connectivity index (χ2v) is 11.3. The summed E-state index contributed by atoms with van der Waals surface area (Å²) in [5, 5.41) is 14.9. The number of piperidine rings is 1. The number of nitrogens with zero attached hydrogens (tertiary/aromatic N) is 7. The Morgan fingerprint density at radius 3 is 2.65 bits per heavy atom. The molecule has 5 aromatic rings. The number of fused-ring (bicyclic) bond motifs is 2. The van der Waals surface area contributed by atoms with E-state index in [1.54, 1.807) is 12.3 Å². The van der Waals surface area contributed by atoms with Gasteiger partial charge < -0.3 is 14.5 Å². The fraction of sp³-hybridized carbons (Fsp3) is 0.357. The van der Waals surface area contributed by atoms with Gasteiger partial charge in [-0.1, -0.05) is 6.07 Å². The number of nitrogens with one attached hydrogen (secondary N) is 1. The molecule has 1 N–H and O–H groups in total. The van der Waals surface area contributed by atoms with Crippen molar-refractivity contribution in [3.63, 3.8) is 0 Å². The van der Waals surface area contributed by atoms with Crippen LogP contribution in [-0.4, -0.2) is 54.3 Å². The summed E-state index contributed by atoms with van der Waals surface area (Å²) < 4.78 is 42.6. The number of nitriles is 1. The van der Waals surface area contributed by atoms with Crippen LogP contribution in [0.1, 0.15) is 34.8 Å². The highest BCUT2D eigenvalue weighted by Gasteiger charge is 2.29. The van der Waals surface area contributed by atoms with Gasteiger partial charge in [-0.3, -0.25) is 4.90 Å². The molecular formula is C28H27F3N8S. The molecule has 40 heavy (non-hydrogen) atoms. The van der Waals surface area contributed by atoms with E-state index in [2.05, 4.69) is 49.4 Å². The largest absolute Gasteiger partial charge is 0.393 e. The van der Waals surface area contributed by atoms with Gasteiger partial charge in [-0.25, -0.2) is 15.0 Å². The van der Waals surface area contributed by atoms with Gasteiger partial charge in [0.15, 0.2) is 0 Å². The average Bonchev–Trinajstić information content (AvgIpc) is 3.61. The van der Waals surface area contributed by atoms with E-state index in [0.29, 0.717) is 28.3 Å². The Balaban J connectivity index is 1.10. The summed E-state index contributed by atoms with van der Waals surface area (Å²) in [6.45, 7) is 3.11. The van der Waals surface area contributed by atoms with Gasteiger partial charge in [-0.05, 0) is 42.7 Å². The standard InChI is InChI=1S/C28H27F3N8S/c1-37-9-6-33-25(37)16-39-21(14-32)11-19-10-18(2-3-24(19)39)15-38-7-4-20(5-8-38)36-26-23-12-22(13-28(29,30)31)40-27(23)35-17-34-26/h2-3,6,9-12,17,20H,4-5,7-8,13,15-16H2,1H3,(H,34,35,36). The minimum absolute atomic E-state index is 0.182. The number of thiophene rings is 1. The van der Waals surface area contributed by atoms with Gasteiger partial charge >= 0.3 is 6.18 Å². The van der Waals surface area contributed by atoms with Crippen LogP contribution in [0.5, 0.6) is 0 Å². The summed E-state index contributed by atoms with van der Waals surface area (Å²) in [6, 6.07) is 12.3. The van der Waals surface area contributed by atoms with Crippen LogP contribution < -0.4 is 5.32 Å². The third-order valence-electron chi connectivity index (χ3n) is 7.39. The van der Waals surface area contributed by atoms with E-state index in [-0.39, 0.29) is 10.9 Å². The molecule has 1 aliphatic rings. The molecule has 5 heterocycles. The molecule has 12 heteroatoms. The second-order valence-electron chi connectivity index (χ2n) is 10.2. The van der Waals surface area contributed by atoms with Gasteiger partial charge in [0.2, 0.25) is 0 Å². The maximum absolute atomic E-state index is 12.9. The van der Waals surface area contributed by atoms with Gasteiger partial charge in [0.05, 0.1) is 18.4 Å². The van der Waals surface area contributed by atoms with E-state index >= 15 is 0 Å². The van der Waals surface area contributed by atoms with Gasteiger partial charge in [0, 0.05) is 60.9 Å². The van der Waals surface area contributed by atoms with Crippen LogP contribution in [0.25, 0.3) is 21.1 Å². The van der Waals surface area contributed by atoms with Gasteiger partial charge in [0.25, 0.3) is 0 Å². The number of rotatable bonds is 7. The predicted molar refractivity (Wildman–Crippen MR) is 148 cm³/mol. The zero-order valence-electron chi connectivity index (χ0n) is 21.8. The lowest BCUT2D eigenvalue weighted by atomic mass is 10.0. The maximum atomic E-state index is 12.9. The van der Waals surface area contributed by atoms with Crippen LogP contribution >= 0.6 is 11.3 Å². The van der Waals surface area contributed by atoms with E-state index in [4.69, 9.17) is 0 Å². The first-order chi connectivity index (χ1) is 19.3. The minimum Gasteiger partial charge on any atom is -0.367 e. The second kappa shape index (κ2) is 10.6. The van der Waals surface area contributed by atoms with Crippen molar-refractivity contribution in [2.75, 3.05) is 18.4 Å². The Kier molecular flexibility index (Phi) is 6.93. The molecule has 4 aromatic heterocycles. The number of anilines is 1. The van der Waals surface area contributed by atoms with Crippen molar-refractivity contribution >= 4 is 38.3 Å². The van der Waals surface area contributed by atoms with Crippen LogP contribution in [0, 0.1) is 11.3 Å². The molecule has 0 bridgehead atoms. The molecule has 1 aromatic carbocycles. The summed E-state index contributed by atoms with van der Waals surface area (Å²) in [5.41, 5.74) is 2.80. The van der Waals surface area contributed by atoms with E-state index in [9.17, 15) is 18.4 Å². The molecule has 1 aliphatic heterocycles. The van der Waals surface area contributed by atoms with Crippen molar-refractivity contribution in [3.05, 3.63) is 71.0 Å². The van der Waals surface area contributed by atoms with Crippen molar-refractivity contribution < 1.29 is 13.2 Å². The Morgan fingerprint density at radius 1 is 1.10 bits per heavy atom. The number of hydrogen-bond acceptors (Lipinski definition) is 7. The maximum Gasteiger partial charge on any atom is 0.393 e. The fourth-order valence-corrected chi connectivity index (χ4v) is 6.39. The van der Waals surface area contributed by atoms with Crippen molar-refractivity contribution in [3.8, 4) is 6.07 Å². The van der Waals surface area contributed by atoms with E-state index < -0.39 is 12.6 Å². The van der Waals surface area contributed by atoms with Crippen LogP contribution in [0.2, 0.25) is 0 Å². The Labute approximate surface area is 232 Å². The summed E-state index contributed by atoms with van der Waals surface area (Å²) in [6.07, 6.45) is 1.65. The van der Waals surface area contributed by atoms with E-state index in [1.807, 2.05) is 28.4 Å². The third-order valence-corrected chi connectivity index (χ3v) is 8.43. The highest BCUT2D eigenvalue weighted by atomic mass is 32.1. The first kappa shape index (κ1) is 26.3. The number of halogens is 3. The molecule has 0 atom stereocenters. The van der Waals surface area contributed by atoms with Gasteiger partial charge in [0.1, 0.15) is 34.6 Å². The van der Waals surface area contributed by atoms with Crippen molar-refractivity contribution in [1.29, 1.82) is 5.26 Å². The smallest absolute Gasteiger partial charge is 0.367 e. The van der Waals surface area contributed by atoms with Crippen LogP contribution in [0.15, 0.2) is 49.1 Å². The summed E-state index contributed by atoms with van der Waals surface area (Å²) in [5.74, 6) is 1.49. The lowest BCUT2D eigenvalue weighted by molar-refractivity contribution is -0.126. The highest BCUT2D eigenvalue weighted by molar-refractivity contribution is 7.18. The van der Waals surface area contributed by atoms with Crippen LogP contribution in [-0.2, 0) is 26.6 Å². The number of aryl methyl sites for hydroxylation is 1. The topological polar surface area (TPSA) is 87.6 Å².